The highest BCUT2D eigenvalue weighted by Gasteiger charge is 2.35. The minimum atomic E-state index is -0.901. The molecule has 1 atom stereocenters. The van der Waals surface area contributed by atoms with Gasteiger partial charge in [-0.3, -0.25) is 9.59 Å². The SMILES string of the molecule is COc1ccc(C#N)cc1[C@H](C)Nc1ncc(C(=O)NCC2(CC(=O)O)CCOCC2)cc1Cl. The van der Waals surface area contributed by atoms with Crippen molar-refractivity contribution in [2.75, 3.05) is 32.2 Å². The predicted molar refractivity (Wildman–Crippen MR) is 126 cm³/mol. The Bertz CT molecular complexity index is 1100. The largest absolute Gasteiger partial charge is 0.496 e. The average Bonchev–Trinajstić information content (AvgIpc) is 2.83. The first-order chi connectivity index (χ1) is 16.3. The second kappa shape index (κ2) is 11.2. The second-order valence-electron chi connectivity index (χ2n) is 8.35. The lowest BCUT2D eigenvalue weighted by atomic mass is 9.77. The molecule has 180 valence electrons. The van der Waals surface area contributed by atoms with Gasteiger partial charge in [0, 0.05) is 36.9 Å². The summed E-state index contributed by atoms with van der Waals surface area (Å²) in [5, 5.41) is 24.7. The van der Waals surface area contributed by atoms with Crippen LogP contribution in [-0.2, 0) is 9.53 Å². The summed E-state index contributed by atoms with van der Waals surface area (Å²) in [5.41, 5.74) is 0.997. The smallest absolute Gasteiger partial charge is 0.303 e. The number of nitrogens with zero attached hydrogens (tertiary/aromatic N) is 2. The second-order valence-corrected chi connectivity index (χ2v) is 8.76. The number of anilines is 1. The minimum Gasteiger partial charge on any atom is -0.496 e. The number of benzene rings is 1. The summed E-state index contributed by atoms with van der Waals surface area (Å²) in [5.74, 6) is -0.285. The summed E-state index contributed by atoms with van der Waals surface area (Å²) in [6, 6.07) is 8.47. The van der Waals surface area contributed by atoms with Crippen LogP contribution >= 0.6 is 11.6 Å². The number of carbonyl (C=O) groups excluding carboxylic acids is 1. The van der Waals surface area contributed by atoms with Crippen LogP contribution in [0.15, 0.2) is 30.5 Å². The van der Waals surface area contributed by atoms with Crippen LogP contribution in [0.3, 0.4) is 0 Å². The number of aliphatic carboxylic acids is 1. The van der Waals surface area contributed by atoms with Gasteiger partial charge in [0.2, 0.25) is 0 Å². The van der Waals surface area contributed by atoms with Crippen molar-refractivity contribution >= 4 is 29.3 Å². The third kappa shape index (κ3) is 6.16. The van der Waals surface area contributed by atoms with Crippen molar-refractivity contribution in [3.8, 4) is 11.8 Å². The zero-order valence-electron chi connectivity index (χ0n) is 19.1. The van der Waals surface area contributed by atoms with E-state index in [0.717, 1.165) is 5.56 Å². The molecule has 1 aromatic carbocycles. The molecular formula is C24H27ClN4O5. The van der Waals surface area contributed by atoms with E-state index >= 15 is 0 Å². The van der Waals surface area contributed by atoms with E-state index in [-0.39, 0.29) is 35.5 Å². The number of rotatable bonds is 9. The van der Waals surface area contributed by atoms with Gasteiger partial charge in [0.15, 0.2) is 0 Å². The maximum atomic E-state index is 12.7. The van der Waals surface area contributed by atoms with Crippen LogP contribution in [0.4, 0.5) is 5.82 Å². The molecular weight excluding hydrogens is 460 g/mol. The molecule has 3 N–H and O–H groups in total. The maximum absolute atomic E-state index is 12.7. The third-order valence-electron chi connectivity index (χ3n) is 5.99. The number of amides is 1. The molecule has 9 nitrogen and oxygen atoms in total. The van der Waals surface area contributed by atoms with Crippen LogP contribution in [0.2, 0.25) is 5.02 Å². The van der Waals surface area contributed by atoms with E-state index in [0.29, 0.717) is 43.2 Å². The van der Waals surface area contributed by atoms with E-state index in [2.05, 4.69) is 21.7 Å². The highest BCUT2D eigenvalue weighted by molar-refractivity contribution is 6.33. The zero-order chi connectivity index (χ0) is 24.7. The number of halogens is 1. The number of carboxylic acid groups (broad SMARTS) is 1. The van der Waals surface area contributed by atoms with Gasteiger partial charge in [-0.25, -0.2) is 4.98 Å². The molecule has 1 aliphatic heterocycles. The Kier molecular flexibility index (Phi) is 8.31. The predicted octanol–water partition coefficient (Wildman–Crippen LogP) is 3.79. The fraction of sp³-hybridized carbons (Fsp3) is 0.417. The number of hydrogen-bond donors (Lipinski definition) is 3. The zero-order valence-corrected chi connectivity index (χ0v) is 19.8. The molecule has 0 bridgehead atoms. The van der Waals surface area contributed by atoms with Crippen LogP contribution in [0.5, 0.6) is 5.75 Å². The molecule has 2 aromatic rings. The molecule has 1 fully saturated rings. The Labute approximate surface area is 203 Å². The molecule has 1 aromatic heterocycles. The van der Waals surface area contributed by atoms with Gasteiger partial charge in [-0.1, -0.05) is 11.6 Å². The van der Waals surface area contributed by atoms with Crippen LogP contribution in [-0.4, -0.2) is 48.8 Å². The van der Waals surface area contributed by atoms with E-state index in [4.69, 9.17) is 21.1 Å². The van der Waals surface area contributed by atoms with Crippen molar-refractivity contribution in [2.24, 2.45) is 5.41 Å². The van der Waals surface area contributed by atoms with Crippen molar-refractivity contribution in [2.45, 2.75) is 32.2 Å². The van der Waals surface area contributed by atoms with E-state index < -0.39 is 11.4 Å². The molecule has 34 heavy (non-hydrogen) atoms. The summed E-state index contributed by atoms with van der Waals surface area (Å²) < 4.78 is 10.7. The van der Waals surface area contributed by atoms with Gasteiger partial charge in [-0.2, -0.15) is 5.26 Å². The Morgan fingerprint density at radius 1 is 1.35 bits per heavy atom. The number of nitriles is 1. The quantitative estimate of drug-likeness (QED) is 0.487. The van der Waals surface area contributed by atoms with E-state index in [1.165, 1.54) is 12.3 Å². The van der Waals surface area contributed by atoms with Gasteiger partial charge in [0.05, 0.1) is 41.8 Å². The molecule has 0 spiro atoms. The molecule has 2 heterocycles. The van der Waals surface area contributed by atoms with Crippen LogP contribution < -0.4 is 15.4 Å². The molecule has 3 rings (SSSR count). The molecule has 10 heteroatoms. The average molecular weight is 487 g/mol. The summed E-state index contributed by atoms with van der Waals surface area (Å²) in [6.45, 7) is 3.05. The van der Waals surface area contributed by atoms with Crippen LogP contribution in [0.1, 0.15) is 53.7 Å². The number of ether oxygens (including phenoxy) is 2. The summed E-state index contributed by atoms with van der Waals surface area (Å²) >= 11 is 6.40. The first-order valence-electron chi connectivity index (χ1n) is 10.8. The minimum absolute atomic E-state index is 0.0349. The molecule has 0 radical (unpaired) electrons. The number of carboxylic acids is 1. The van der Waals surface area contributed by atoms with Crippen molar-refractivity contribution in [3.05, 3.63) is 52.2 Å². The number of methoxy groups -OCH3 is 1. The molecule has 1 aliphatic rings. The van der Waals surface area contributed by atoms with Crippen molar-refractivity contribution < 1.29 is 24.2 Å². The number of pyridine rings is 1. The molecule has 0 aliphatic carbocycles. The monoisotopic (exact) mass is 486 g/mol. The van der Waals surface area contributed by atoms with Gasteiger partial charge < -0.3 is 25.2 Å². The Hall–Kier alpha value is -3.35. The first kappa shape index (κ1) is 25.3. The fourth-order valence-electron chi connectivity index (χ4n) is 4.00. The van der Waals surface area contributed by atoms with Crippen LogP contribution in [0, 0.1) is 16.7 Å². The summed E-state index contributed by atoms with van der Waals surface area (Å²) in [6.07, 6.45) is 2.51. The Morgan fingerprint density at radius 2 is 2.09 bits per heavy atom. The topological polar surface area (TPSA) is 134 Å². The molecule has 1 saturated heterocycles. The maximum Gasteiger partial charge on any atom is 0.303 e. The van der Waals surface area contributed by atoms with Gasteiger partial charge in [-0.05, 0) is 44.0 Å². The summed E-state index contributed by atoms with van der Waals surface area (Å²) in [7, 11) is 1.55. The van der Waals surface area contributed by atoms with Crippen molar-refractivity contribution in [1.29, 1.82) is 5.26 Å². The lowest BCUT2D eigenvalue weighted by molar-refractivity contribution is -0.141. The van der Waals surface area contributed by atoms with Gasteiger partial charge in [0.1, 0.15) is 11.6 Å². The lowest BCUT2D eigenvalue weighted by Gasteiger charge is -2.36. The van der Waals surface area contributed by atoms with E-state index in [1.54, 1.807) is 25.3 Å². The lowest BCUT2D eigenvalue weighted by Crippen LogP contribution is -2.42. The van der Waals surface area contributed by atoms with Crippen molar-refractivity contribution in [3.63, 3.8) is 0 Å². The van der Waals surface area contributed by atoms with Gasteiger partial charge in [0.25, 0.3) is 5.91 Å². The number of nitrogens with one attached hydrogen (secondary N) is 2. The molecule has 0 unspecified atom stereocenters. The fourth-order valence-corrected chi connectivity index (χ4v) is 4.23. The number of carbonyl (C=O) groups is 2. The van der Waals surface area contributed by atoms with Crippen LogP contribution in [0.25, 0.3) is 0 Å². The van der Waals surface area contributed by atoms with Crippen molar-refractivity contribution in [1.82, 2.24) is 10.3 Å². The third-order valence-corrected chi connectivity index (χ3v) is 6.27. The standard InChI is InChI=1S/C24H27ClN4O5/c1-15(18-9-16(12-26)3-4-20(18)33-2)29-22-19(25)10-17(13-27-22)23(32)28-14-24(11-21(30)31)5-7-34-8-6-24/h3-4,9-10,13,15H,5-8,11,14H2,1-2H3,(H,27,29)(H,28,32)(H,30,31)/t15-/m0/s1. The highest BCUT2D eigenvalue weighted by atomic mass is 35.5. The first-order valence-corrected chi connectivity index (χ1v) is 11.2. The molecule has 1 amide bonds. The Balaban J connectivity index is 1.69. The van der Waals surface area contributed by atoms with Gasteiger partial charge >= 0.3 is 5.97 Å². The highest BCUT2D eigenvalue weighted by Crippen LogP contribution is 2.34. The normalized spacial score (nSPS) is 15.6. The number of aromatic nitrogens is 1. The molecule has 0 saturated carbocycles. The number of hydrogen-bond acceptors (Lipinski definition) is 7. The van der Waals surface area contributed by atoms with Gasteiger partial charge in [-0.15, -0.1) is 0 Å². The summed E-state index contributed by atoms with van der Waals surface area (Å²) in [4.78, 5) is 28.3. The van der Waals surface area contributed by atoms with E-state index in [9.17, 15) is 20.0 Å². The Morgan fingerprint density at radius 3 is 2.71 bits per heavy atom. The van der Waals surface area contributed by atoms with E-state index in [1.807, 2.05) is 6.92 Å².